The fourth-order valence-corrected chi connectivity index (χ4v) is 2.36. The van der Waals surface area contributed by atoms with Crippen molar-refractivity contribution in [2.24, 2.45) is 5.73 Å². The van der Waals surface area contributed by atoms with Crippen LogP contribution < -0.4 is 5.73 Å². The lowest BCUT2D eigenvalue weighted by molar-refractivity contribution is -0.191. The van der Waals surface area contributed by atoms with E-state index in [2.05, 4.69) is 0 Å². The summed E-state index contributed by atoms with van der Waals surface area (Å²) in [5.41, 5.74) is 5.94. The maximum atomic E-state index is 9.19. The molecule has 0 radical (unpaired) electrons. The van der Waals surface area contributed by atoms with Crippen LogP contribution in [0.25, 0.3) is 0 Å². The number of hydrogen-bond acceptors (Lipinski definition) is 5. The first-order valence-corrected chi connectivity index (χ1v) is 5.34. The van der Waals surface area contributed by atoms with Gasteiger partial charge in [-0.15, -0.1) is 0 Å². The first-order valence-electron chi connectivity index (χ1n) is 5.34. The van der Waals surface area contributed by atoms with E-state index < -0.39 is 12.1 Å². The van der Waals surface area contributed by atoms with E-state index in [0.717, 1.165) is 0 Å². The Bertz CT molecular complexity index is 242. The van der Waals surface area contributed by atoms with Gasteiger partial charge in [0.05, 0.1) is 6.10 Å². The number of hydrogen-bond donors (Lipinski definition) is 2. The average Bonchev–Trinajstić information content (AvgIpc) is 2.49. The van der Waals surface area contributed by atoms with Crippen molar-refractivity contribution in [3.63, 3.8) is 0 Å². The Hall–Kier alpha value is -0.200. The second-order valence-corrected chi connectivity index (χ2v) is 4.74. The molecule has 88 valence electrons. The predicted molar refractivity (Wildman–Crippen MR) is 53.0 cm³/mol. The Morgan fingerprint density at radius 1 is 1.40 bits per heavy atom. The third kappa shape index (κ3) is 2.16. The monoisotopic (exact) mass is 217 g/mol. The zero-order chi connectivity index (χ0) is 11.2. The molecule has 0 bridgehead atoms. The molecule has 2 fully saturated rings. The molecule has 0 aromatic heterocycles. The average molecular weight is 217 g/mol. The van der Waals surface area contributed by atoms with E-state index in [9.17, 15) is 5.11 Å². The minimum atomic E-state index is -0.798. The standard InChI is InChI=1S/C10H19NO4/c1-5(12)13-7-4-6(11)8-9(7)15-10(2,3)14-8/h5-9,12H,4,11H2,1-3H3/t5-,6+,7-,8-,9+/m1/s1. The summed E-state index contributed by atoms with van der Waals surface area (Å²) in [4.78, 5) is 0. The zero-order valence-corrected chi connectivity index (χ0v) is 9.34. The molecule has 5 atom stereocenters. The Kier molecular flexibility index (Phi) is 2.77. The molecular formula is C10H19NO4. The van der Waals surface area contributed by atoms with E-state index in [1.54, 1.807) is 6.92 Å². The van der Waals surface area contributed by atoms with Crippen molar-refractivity contribution in [2.75, 3.05) is 0 Å². The molecule has 0 unspecified atom stereocenters. The Labute approximate surface area is 89.5 Å². The second kappa shape index (κ2) is 3.68. The fraction of sp³-hybridized carbons (Fsp3) is 1.00. The van der Waals surface area contributed by atoms with Gasteiger partial charge in [0.25, 0.3) is 0 Å². The summed E-state index contributed by atoms with van der Waals surface area (Å²) in [6, 6.07) is -0.0828. The molecule has 1 aliphatic heterocycles. The summed E-state index contributed by atoms with van der Waals surface area (Å²) >= 11 is 0. The molecule has 0 spiro atoms. The molecule has 0 aromatic rings. The third-order valence-electron chi connectivity index (χ3n) is 2.83. The molecule has 0 aromatic carbocycles. The minimum Gasteiger partial charge on any atom is -0.368 e. The summed E-state index contributed by atoms with van der Waals surface area (Å²) in [5.74, 6) is -0.603. The summed E-state index contributed by atoms with van der Waals surface area (Å²) < 4.78 is 16.8. The van der Waals surface area contributed by atoms with E-state index >= 15 is 0 Å². The van der Waals surface area contributed by atoms with Crippen molar-refractivity contribution in [1.82, 2.24) is 0 Å². The van der Waals surface area contributed by atoms with Crippen molar-refractivity contribution < 1.29 is 19.3 Å². The Balaban J connectivity index is 2.05. The second-order valence-electron chi connectivity index (χ2n) is 4.74. The van der Waals surface area contributed by atoms with Crippen LogP contribution in [0.4, 0.5) is 0 Å². The largest absolute Gasteiger partial charge is 0.368 e. The maximum absolute atomic E-state index is 9.19. The van der Waals surface area contributed by atoms with Crippen molar-refractivity contribution in [3.05, 3.63) is 0 Å². The summed E-state index contributed by atoms with van der Waals surface area (Å²) in [5, 5.41) is 9.19. The molecule has 5 heteroatoms. The van der Waals surface area contributed by atoms with Crippen LogP contribution in [0.2, 0.25) is 0 Å². The number of ether oxygens (including phenoxy) is 3. The van der Waals surface area contributed by atoms with E-state index in [1.165, 1.54) is 0 Å². The van der Waals surface area contributed by atoms with Crippen molar-refractivity contribution >= 4 is 0 Å². The van der Waals surface area contributed by atoms with Gasteiger partial charge in [0.15, 0.2) is 12.1 Å². The van der Waals surface area contributed by atoms with Gasteiger partial charge in [-0.3, -0.25) is 0 Å². The normalized spacial score (nSPS) is 45.4. The third-order valence-corrected chi connectivity index (χ3v) is 2.83. The van der Waals surface area contributed by atoms with Gasteiger partial charge >= 0.3 is 0 Å². The fourth-order valence-electron chi connectivity index (χ4n) is 2.36. The summed E-state index contributed by atoms with van der Waals surface area (Å²) in [6.45, 7) is 5.30. The minimum absolute atomic E-state index is 0.0828. The number of nitrogens with two attached hydrogens (primary N) is 1. The molecular weight excluding hydrogens is 198 g/mol. The molecule has 2 aliphatic rings. The predicted octanol–water partition coefficient (Wildman–Crippen LogP) is -0.0390. The van der Waals surface area contributed by atoms with E-state index in [-0.39, 0.29) is 24.4 Å². The van der Waals surface area contributed by atoms with Crippen LogP contribution in [0.15, 0.2) is 0 Å². The van der Waals surface area contributed by atoms with Gasteiger partial charge in [-0.25, -0.2) is 0 Å². The van der Waals surface area contributed by atoms with Gasteiger partial charge in [0.1, 0.15) is 12.2 Å². The summed E-state index contributed by atoms with van der Waals surface area (Å²) in [6.07, 6.45) is -0.593. The first-order chi connectivity index (χ1) is 6.89. The lowest BCUT2D eigenvalue weighted by Crippen LogP contribution is -2.35. The zero-order valence-electron chi connectivity index (χ0n) is 9.34. The lowest BCUT2D eigenvalue weighted by Gasteiger charge is -2.23. The highest BCUT2D eigenvalue weighted by Gasteiger charge is 2.53. The van der Waals surface area contributed by atoms with E-state index in [4.69, 9.17) is 19.9 Å². The maximum Gasteiger partial charge on any atom is 0.163 e. The number of fused-ring (bicyclic) bond motifs is 1. The van der Waals surface area contributed by atoms with Crippen LogP contribution in [0.5, 0.6) is 0 Å². The molecule has 5 nitrogen and oxygen atoms in total. The topological polar surface area (TPSA) is 73.9 Å². The highest BCUT2D eigenvalue weighted by atomic mass is 16.8. The van der Waals surface area contributed by atoms with Gasteiger partial charge in [-0.1, -0.05) is 0 Å². The van der Waals surface area contributed by atoms with E-state index in [0.29, 0.717) is 6.42 Å². The Morgan fingerprint density at radius 3 is 2.60 bits per heavy atom. The van der Waals surface area contributed by atoms with Crippen molar-refractivity contribution in [2.45, 2.75) is 63.6 Å². The van der Waals surface area contributed by atoms with Crippen LogP contribution in [-0.4, -0.2) is 41.5 Å². The van der Waals surface area contributed by atoms with Crippen molar-refractivity contribution in [1.29, 1.82) is 0 Å². The summed E-state index contributed by atoms with van der Waals surface area (Å²) in [7, 11) is 0. The van der Waals surface area contributed by atoms with Crippen LogP contribution in [0, 0.1) is 0 Å². The van der Waals surface area contributed by atoms with Crippen LogP contribution in [0.3, 0.4) is 0 Å². The van der Waals surface area contributed by atoms with Gasteiger partial charge in [0, 0.05) is 6.04 Å². The quantitative estimate of drug-likeness (QED) is 0.635. The number of rotatable bonds is 2. The van der Waals surface area contributed by atoms with Gasteiger partial charge in [-0.2, -0.15) is 0 Å². The van der Waals surface area contributed by atoms with E-state index in [1.807, 2.05) is 13.8 Å². The molecule has 15 heavy (non-hydrogen) atoms. The Morgan fingerprint density at radius 2 is 2.00 bits per heavy atom. The smallest absolute Gasteiger partial charge is 0.163 e. The molecule has 3 N–H and O–H groups in total. The molecule has 0 amide bonds. The SMILES string of the molecule is C[C@H](O)O[C@@H]1C[C@H](N)[C@H]2OC(C)(C)O[C@H]21. The molecule has 1 aliphatic carbocycles. The molecule has 1 saturated carbocycles. The number of aliphatic hydroxyl groups excluding tert-OH is 1. The lowest BCUT2D eigenvalue weighted by atomic mass is 10.2. The highest BCUT2D eigenvalue weighted by Crippen LogP contribution is 2.39. The van der Waals surface area contributed by atoms with Gasteiger partial charge < -0.3 is 25.1 Å². The first kappa shape index (κ1) is 11.3. The van der Waals surface area contributed by atoms with Gasteiger partial charge in [-0.05, 0) is 27.2 Å². The highest BCUT2D eigenvalue weighted by molar-refractivity contribution is 5.01. The number of aliphatic hydroxyl groups is 1. The molecule has 2 rings (SSSR count). The van der Waals surface area contributed by atoms with Gasteiger partial charge in [0.2, 0.25) is 0 Å². The van der Waals surface area contributed by atoms with Crippen LogP contribution in [-0.2, 0) is 14.2 Å². The molecule has 1 heterocycles. The molecule has 1 saturated heterocycles. The van der Waals surface area contributed by atoms with Crippen LogP contribution in [0.1, 0.15) is 27.2 Å². The van der Waals surface area contributed by atoms with Crippen molar-refractivity contribution in [3.8, 4) is 0 Å². The van der Waals surface area contributed by atoms with Crippen LogP contribution >= 0.6 is 0 Å².